The molecule has 5 aromatic carbocycles. The molecule has 358 valence electrons. The lowest BCUT2D eigenvalue weighted by Gasteiger charge is -2.35. The molecule has 0 radical (unpaired) electrons. The summed E-state index contributed by atoms with van der Waals surface area (Å²) >= 11 is 0. The van der Waals surface area contributed by atoms with Crippen LogP contribution in [0.5, 0.6) is 0 Å². The van der Waals surface area contributed by atoms with Crippen LogP contribution in [-0.4, -0.2) is 78.5 Å². The van der Waals surface area contributed by atoms with Gasteiger partial charge in [-0.25, -0.2) is 0 Å². The van der Waals surface area contributed by atoms with Gasteiger partial charge in [0, 0.05) is 153 Å². The molecule has 2 atom stereocenters. The van der Waals surface area contributed by atoms with E-state index in [2.05, 4.69) is 235 Å². The fourth-order valence-corrected chi connectivity index (χ4v) is 10.2. The van der Waals surface area contributed by atoms with Crippen LogP contribution in [0.15, 0.2) is 97.1 Å². The van der Waals surface area contributed by atoms with Gasteiger partial charge in [0.05, 0.1) is 0 Å². The van der Waals surface area contributed by atoms with Crippen molar-refractivity contribution < 1.29 is 0 Å². The molecule has 7 nitrogen and oxygen atoms in total. The molecular formula is C59H87N7. The second-order valence-electron chi connectivity index (χ2n) is 17.6. The first kappa shape index (κ1) is 51.7. The Hall–Kier alpha value is -5.30. The Morgan fingerprint density at radius 2 is 0.530 bits per heavy atom. The van der Waals surface area contributed by atoms with Crippen molar-refractivity contribution in [2.75, 3.05) is 113 Å². The first-order valence-electron chi connectivity index (χ1n) is 25.9. The molecule has 0 heterocycles. The van der Waals surface area contributed by atoms with Gasteiger partial charge < -0.3 is 34.3 Å². The van der Waals surface area contributed by atoms with Gasteiger partial charge in [0.15, 0.2) is 0 Å². The van der Waals surface area contributed by atoms with E-state index in [9.17, 15) is 0 Å². The molecular weight excluding hydrogens is 807 g/mol. The minimum Gasteiger partial charge on any atom is -0.372 e. The number of hydrogen-bond acceptors (Lipinski definition) is 7. The number of nitrogens with zero attached hydrogens (tertiary/aromatic N) is 7. The topological polar surface area (TPSA) is 22.7 Å². The predicted molar refractivity (Wildman–Crippen MR) is 295 cm³/mol. The second kappa shape index (κ2) is 24.5. The lowest BCUT2D eigenvalue weighted by molar-refractivity contribution is 0.805. The summed E-state index contributed by atoms with van der Waals surface area (Å²) in [6, 6.07) is 37.7. The fraction of sp³-hybridized carbons (Fsp3) is 0.492. The largest absolute Gasteiger partial charge is 0.372 e. The third-order valence-corrected chi connectivity index (χ3v) is 14.4. The molecule has 0 aromatic heterocycles. The van der Waals surface area contributed by atoms with E-state index in [1.54, 1.807) is 0 Å². The Labute approximate surface area is 403 Å². The molecule has 0 aliphatic carbocycles. The van der Waals surface area contributed by atoms with Crippen molar-refractivity contribution in [3.05, 3.63) is 125 Å². The maximum absolute atomic E-state index is 2.56. The van der Waals surface area contributed by atoms with Gasteiger partial charge in [0.25, 0.3) is 0 Å². The monoisotopic (exact) mass is 894 g/mol. The summed E-state index contributed by atoms with van der Waals surface area (Å²) in [4.78, 5) is 17.6. The number of hydrogen-bond donors (Lipinski definition) is 0. The first-order chi connectivity index (χ1) is 31.9. The highest BCUT2D eigenvalue weighted by Gasteiger charge is 2.27. The van der Waals surface area contributed by atoms with Crippen LogP contribution in [-0.2, 0) is 0 Å². The van der Waals surface area contributed by atoms with Crippen LogP contribution in [0.2, 0.25) is 0 Å². The van der Waals surface area contributed by atoms with E-state index in [1.165, 1.54) is 61.9 Å². The minimum atomic E-state index is 0.188. The smallest absolute Gasteiger partial charge is 0.0461 e. The molecule has 0 saturated heterocycles. The summed E-state index contributed by atoms with van der Waals surface area (Å²) < 4.78 is 0. The summed E-state index contributed by atoms with van der Waals surface area (Å²) in [7, 11) is 0. The predicted octanol–water partition coefficient (Wildman–Crippen LogP) is 14.8. The Kier molecular flexibility index (Phi) is 19.2. The van der Waals surface area contributed by atoms with E-state index in [0.717, 1.165) is 95.6 Å². The number of rotatable bonds is 25. The molecule has 66 heavy (non-hydrogen) atoms. The van der Waals surface area contributed by atoms with Crippen molar-refractivity contribution in [3.63, 3.8) is 0 Å². The number of benzene rings is 5. The zero-order valence-electron chi connectivity index (χ0n) is 44.0. The Morgan fingerprint density at radius 3 is 0.758 bits per heavy atom. The first-order valence-corrected chi connectivity index (χ1v) is 25.9. The quantitative estimate of drug-likeness (QED) is 0.0575. The van der Waals surface area contributed by atoms with Gasteiger partial charge in [0.1, 0.15) is 0 Å². The van der Waals surface area contributed by atoms with Crippen LogP contribution < -0.4 is 34.3 Å². The number of aryl methyl sites for hydroxylation is 1. The normalized spacial score (nSPS) is 12.2. The zero-order valence-corrected chi connectivity index (χ0v) is 44.0. The SMILES string of the molecule is CCN(CC)c1cc(N(CC)CC)c(C(C)c2ccc(N(c3ccc(C)cc3)c3ccc(C(C)c4c(N(CC)CC)cc(N(CC)CC)cc4N(CC)CC)cc3)cc2)c(N(CC)CC)c1. The molecule has 0 spiro atoms. The van der Waals surface area contributed by atoms with Crippen LogP contribution >= 0.6 is 0 Å². The average Bonchev–Trinajstić information content (AvgIpc) is 3.34. The highest BCUT2D eigenvalue weighted by molar-refractivity contribution is 5.81. The van der Waals surface area contributed by atoms with E-state index in [4.69, 9.17) is 0 Å². The highest BCUT2D eigenvalue weighted by Crippen LogP contribution is 2.46. The maximum Gasteiger partial charge on any atom is 0.0461 e. The van der Waals surface area contributed by atoms with Crippen LogP contribution in [0, 0.1) is 6.92 Å². The van der Waals surface area contributed by atoms with Crippen molar-refractivity contribution >= 4 is 51.2 Å². The summed E-state index contributed by atoms with van der Waals surface area (Å²) in [5, 5.41) is 0. The average molecular weight is 894 g/mol. The van der Waals surface area contributed by atoms with Crippen LogP contribution in [0.25, 0.3) is 0 Å². The van der Waals surface area contributed by atoms with Gasteiger partial charge in [0.2, 0.25) is 0 Å². The Bertz CT molecular complexity index is 2000. The molecule has 0 bridgehead atoms. The van der Waals surface area contributed by atoms with E-state index < -0.39 is 0 Å². The standard InChI is InChI=1S/C59H87N7/c1-16-60(17-2)52-40-54(62(20-5)21-6)58(55(41-52)63(22-7)23-8)45(14)47-30-36-50(37-31-47)66(49-34-28-44(13)29-35-49)51-38-32-48(33-39-51)46(15)59-56(64(24-9)25-10)42-53(61(18-3)19-4)43-57(59)65(26-11)27-12/h28-43,45-46H,16-27H2,1-15H3. The van der Waals surface area contributed by atoms with Crippen molar-refractivity contribution in [2.24, 2.45) is 0 Å². The van der Waals surface area contributed by atoms with E-state index in [0.29, 0.717) is 0 Å². The van der Waals surface area contributed by atoms with Gasteiger partial charge in [-0.3, -0.25) is 0 Å². The summed E-state index contributed by atoms with van der Waals surface area (Å²) in [5.41, 5.74) is 18.2. The van der Waals surface area contributed by atoms with E-state index >= 15 is 0 Å². The molecule has 7 heteroatoms. The van der Waals surface area contributed by atoms with E-state index in [1.807, 2.05) is 0 Å². The highest BCUT2D eigenvalue weighted by atomic mass is 15.2. The molecule has 5 rings (SSSR count). The Morgan fingerprint density at radius 1 is 0.303 bits per heavy atom. The lowest BCUT2D eigenvalue weighted by Crippen LogP contribution is -2.30. The van der Waals surface area contributed by atoms with Gasteiger partial charge in [-0.05, 0) is 162 Å². The lowest BCUT2D eigenvalue weighted by atomic mass is 9.88. The van der Waals surface area contributed by atoms with Crippen molar-refractivity contribution in [3.8, 4) is 0 Å². The second-order valence-corrected chi connectivity index (χ2v) is 17.6. The van der Waals surface area contributed by atoms with Crippen molar-refractivity contribution in [1.29, 1.82) is 0 Å². The van der Waals surface area contributed by atoms with Crippen molar-refractivity contribution in [1.82, 2.24) is 0 Å². The molecule has 0 N–H and O–H groups in total. The Balaban J connectivity index is 1.62. The molecule has 2 unspecified atom stereocenters. The van der Waals surface area contributed by atoms with Crippen molar-refractivity contribution in [2.45, 2.75) is 116 Å². The van der Waals surface area contributed by atoms with Crippen LogP contribution in [0.4, 0.5) is 51.2 Å². The van der Waals surface area contributed by atoms with Crippen LogP contribution in [0.1, 0.15) is 137 Å². The third-order valence-electron chi connectivity index (χ3n) is 14.4. The zero-order chi connectivity index (χ0) is 48.1. The molecule has 0 aliphatic heterocycles. The van der Waals surface area contributed by atoms with E-state index in [-0.39, 0.29) is 11.8 Å². The molecule has 0 saturated carbocycles. The molecule has 0 fully saturated rings. The van der Waals surface area contributed by atoms with Gasteiger partial charge in [-0.15, -0.1) is 0 Å². The van der Waals surface area contributed by atoms with Crippen LogP contribution in [0.3, 0.4) is 0 Å². The summed E-state index contributed by atoms with van der Waals surface area (Å²) in [5.74, 6) is 0.376. The maximum atomic E-state index is 2.56. The van der Waals surface area contributed by atoms with Gasteiger partial charge in [-0.2, -0.15) is 0 Å². The minimum absolute atomic E-state index is 0.188. The molecule has 0 aliphatic rings. The molecule has 0 amide bonds. The molecule has 5 aromatic rings. The summed E-state index contributed by atoms with van der Waals surface area (Å²) in [6.07, 6.45) is 0. The van der Waals surface area contributed by atoms with Gasteiger partial charge >= 0.3 is 0 Å². The van der Waals surface area contributed by atoms with Gasteiger partial charge in [-0.1, -0.05) is 55.8 Å². The number of anilines is 9. The fourth-order valence-electron chi connectivity index (χ4n) is 10.2. The summed E-state index contributed by atoms with van der Waals surface area (Å²) in [6.45, 7) is 46.1. The third kappa shape index (κ3) is 11.1.